The van der Waals surface area contributed by atoms with Gasteiger partial charge in [-0.05, 0) is 80.8 Å². The highest BCUT2D eigenvalue weighted by atomic mass is 15.2. The van der Waals surface area contributed by atoms with E-state index in [0.717, 1.165) is 49.7 Å². The second kappa shape index (κ2) is 14.7. The van der Waals surface area contributed by atoms with Crippen LogP contribution in [-0.2, 0) is 10.8 Å². The van der Waals surface area contributed by atoms with Crippen LogP contribution in [0.25, 0.3) is 100 Å². The fraction of sp³-hybridized carbons (Fsp3) is 0.150. The van der Waals surface area contributed by atoms with Crippen LogP contribution in [0.1, 0.15) is 52.2 Å². The second-order valence-corrected chi connectivity index (χ2v) is 19.2. The molecular formula is C60H49N5. The molecule has 3 heterocycles. The van der Waals surface area contributed by atoms with Gasteiger partial charge in [0.1, 0.15) is 0 Å². The van der Waals surface area contributed by atoms with Crippen molar-refractivity contribution < 1.29 is 0 Å². The first-order chi connectivity index (χ1) is 31.6. The van der Waals surface area contributed by atoms with Crippen LogP contribution in [0.4, 0.5) is 0 Å². The molecule has 12 rings (SSSR count). The standard InChI is InChI=1S/C60H49N5/c1-38-37-59(2,3)50-35-30-44(36-51(50)60(38,4)5)41-26-24-39(25-27-41)40-28-31-45(32-29-40)64-52-22-14-12-20-46(52)48-33-34-49-47-21-13-15-23-53(47)65(55(49)54(48)64)58-62-56(42-16-8-6-9-17-42)61-57(63-58)43-18-10-7-11-19-43/h6-36,38H,37H2,1-5H3. The van der Waals surface area contributed by atoms with Crippen LogP contribution in [0.15, 0.2) is 188 Å². The highest BCUT2D eigenvalue weighted by Crippen LogP contribution is 2.50. The molecule has 5 heteroatoms. The zero-order chi connectivity index (χ0) is 44.0. The van der Waals surface area contributed by atoms with Gasteiger partial charge in [0, 0.05) is 38.4 Å². The fourth-order valence-corrected chi connectivity index (χ4v) is 10.8. The van der Waals surface area contributed by atoms with E-state index in [0.29, 0.717) is 23.5 Å². The maximum absolute atomic E-state index is 5.27. The highest BCUT2D eigenvalue weighted by molar-refractivity contribution is 6.23. The highest BCUT2D eigenvalue weighted by Gasteiger charge is 2.42. The topological polar surface area (TPSA) is 48.5 Å². The quantitative estimate of drug-likeness (QED) is 0.168. The van der Waals surface area contributed by atoms with E-state index >= 15 is 0 Å². The Balaban J connectivity index is 1.01. The molecule has 0 saturated carbocycles. The van der Waals surface area contributed by atoms with E-state index in [-0.39, 0.29) is 10.8 Å². The van der Waals surface area contributed by atoms with Crippen molar-refractivity contribution in [3.8, 4) is 56.7 Å². The molecule has 1 aliphatic rings. The first kappa shape index (κ1) is 39.0. The van der Waals surface area contributed by atoms with E-state index in [4.69, 9.17) is 15.0 Å². The Bertz CT molecular complexity index is 3560. The Morgan fingerprint density at radius 2 is 0.877 bits per heavy atom. The molecule has 5 nitrogen and oxygen atoms in total. The molecule has 1 aliphatic carbocycles. The van der Waals surface area contributed by atoms with Crippen LogP contribution < -0.4 is 0 Å². The zero-order valence-corrected chi connectivity index (χ0v) is 37.4. The number of hydrogen-bond acceptors (Lipinski definition) is 3. The molecule has 3 aromatic heterocycles. The molecule has 0 amide bonds. The van der Waals surface area contributed by atoms with E-state index in [1.165, 1.54) is 50.6 Å². The van der Waals surface area contributed by atoms with Crippen molar-refractivity contribution in [1.29, 1.82) is 0 Å². The number of hydrogen-bond donors (Lipinski definition) is 0. The SMILES string of the molecule is CC1CC(C)(C)c2ccc(-c3ccc(-c4ccc(-n5c6ccccc6c6ccc7c8ccccc8n(-c8nc(-c9ccccc9)nc(-c9ccccc9)n8)c7c65)cc4)cc3)cc2C1(C)C. The molecular weight excluding hydrogens is 791 g/mol. The smallest absolute Gasteiger partial charge is 0.238 e. The summed E-state index contributed by atoms with van der Waals surface area (Å²) in [7, 11) is 0. The molecule has 11 aromatic rings. The van der Waals surface area contributed by atoms with Crippen molar-refractivity contribution in [3.63, 3.8) is 0 Å². The van der Waals surface area contributed by atoms with Crippen LogP contribution in [-0.4, -0.2) is 24.1 Å². The molecule has 0 aliphatic heterocycles. The van der Waals surface area contributed by atoms with Crippen LogP contribution in [0, 0.1) is 5.92 Å². The van der Waals surface area contributed by atoms with Gasteiger partial charge in [0.05, 0.1) is 22.1 Å². The summed E-state index contributed by atoms with van der Waals surface area (Å²) in [5.74, 6) is 2.44. The lowest BCUT2D eigenvalue weighted by molar-refractivity contribution is 0.233. The van der Waals surface area contributed by atoms with Crippen molar-refractivity contribution in [2.45, 2.75) is 51.9 Å². The molecule has 0 fully saturated rings. The summed E-state index contributed by atoms with van der Waals surface area (Å²) in [5, 5.41) is 4.63. The van der Waals surface area contributed by atoms with Crippen LogP contribution in [0.2, 0.25) is 0 Å². The first-order valence-electron chi connectivity index (χ1n) is 22.8. The Hall–Kier alpha value is -7.63. The fourth-order valence-electron chi connectivity index (χ4n) is 10.8. The van der Waals surface area contributed by atoms with Gasteiger partial charge in [-0.1, -0.05) is 198 Å². The number of fused-ring (bicyclic) bond motifs is 8. The molecule has 1 unspecified atom stereocenters. The molecule has 0 radical (unpaired) electrons. The predicted molar refractivity (Wildman–Crippen MR) is 270 cm³/mol. The zero-order valence-electron chi connectivity index (χ0n) is 37.4. The van der Waals surface area contributed by atoms with Gasteiger partial charge in [-0.2, -0.15) is 9.97 Å². The largest absolute Gasteiger partial charge is 0.307 e. The molecule has 0 N–H and O–H groups in total. The van der Waals surface area contributed by atoms with E-state index in [2.05, 4.69) is 195 Å². The van der Waals surface area contributed by atoms with Crippen molar-refractivity contribution in [2.24, 2.45) is 5.92 Å². The minimum absolute atomic E-state index is 0.131. The van der Waals surface area contributed by atoms with Crippen molar-refractivity contribution >= 4 is 43.6 Å². The predicted octanol–water partition coefficient (Wildman–Crippen LogP) is 15.3. The van der Waals surface area contributed by atoms with Crippen LogP contribution in [0.5, 0.6) is 0 Å². The van der Waals surface area contributed by atoms with Gasteiger partial charge < -0.3 is 4.57 Å². The summed E-state index contributed by atoms with van der Waals surface area (Å²) in [5.41, 5.74) is 15.5. The number of para-hydroxylation sites is 2. The molecule has 314 valence electrons. The van der Waals surface area contributed by atoms with E-state index in [1.807, 2.05) is 36.4 Å². The number of benzene rings is 8. The molecule has 8 aromatic carbocycles. The summed E-state index contributed by atoms with van der Waals surface area (Å²) < 4.78 is 4.68. The minimum Gasteiger partial charge on any atom is -0.307 e. The average Bonchev–Trinajstić information content (AvgIpc) is 3.87. The monoisotopic (exact) mass is 839 g/mol. The summed E-state index contributed by atoms with van der Waals surface area (Å²) in [6.45, 7) is 12.1. The van der Waals surface area contributed by atoms with E-state index in [9.17, 15) is 0 Å². The summed E-state index contributed by atoms with van der Waals surface area (Å²) in [6, 6.07) is 67.6. The van der Waals surface area contributed by atoms with Gasteiger partial charge >= 0.3 is 0 Å². The average molecular weight is 840 g/mol. The lowest BCUT2D eigenvalue weighted by atomic mass is 9.58. The van der Waals surface area contributed by atoms with Crippen LogP contribution >= 0.6 is 0 Å². The lowest BCUT2D eigenvalue weighted by Crippen LogP contribution is -2.40. The second-order valence-electron chi connectivity index (χ2n) is 19.2. The van der Waals surface area contributed by atoms with Crippen molar-refractivity contribution in [2.75, 3.05) is 0 Å². The maximum Gasteiger partial charge on any atom is 0.238 e. The summed E-state index contributed by atoms with van der Waals surface area (Å²) >= 11 is 0. The Labute approximate surface area is 379 Å². The van der Waals surface area contributed by atoms with Crippen molar-refractivity contribution in [1.82, 2.24) is 24.1 Å². The van der Waals surface area contributed by atoms with E-state index in [1.54, 1.807) is 0 Å². The van der Waals surface area contributed by atoms with Gasteiger partial charge in [0.15, 0.2) is 11.6 Å². The molecule has 0 bridgehead atoms. The number of rotatable bonds is 6. The van der Waals surface area contributed by atoms with Crippen LogP contribution in [0.3, 0.4) is 0 Å². The lowest BCUT2D eigenvalue weighted by Gasteiger charge is -2.46. The minimum atomic E-state index is 0.131. The third kappa shape index (κ3) is 6.24. The van der Waals surface area contributed by atoms with Crippen molar-refractivity contribution in [3.05, 3.63) is 199 Å². The number of aromatic nitrogens is 5. The first-order valence-corrected chi connectivity index (χ1v) is 22.8. The van der Waals surface area contributed by atoms with Gasteiger partial charge in [-0.15, -0.1) is 0 Å². The molecule has 0 saturated heterocycles. The summed E-state index contributed by atoms with van der Waals surface area (Å²) in [6.07, 6.45) is 1.21. The Morgan fingerprint density at radius 1 is 0.415 bits per heavy atom. The third-order valence-corrected chi connectivity index (χ3v) is 14.5. The summed E-state index contributed by atoms with van der Waals surface area (Å²) in [4.78, 5) is 15.6. The maximum atomic E-state index is 5.27. The van der Waals surface area contributed by atoms with Gasteiger partial charge in [0.25, 0.3) is 0 Å². The number of nitrogens with zero attached hydrogens (tertiary/aromatic N) is 5. The molecule has 1 atom stereocenters. The Morgan fingerprint density at radius 3 is 1.45 bits per heavy atom. The van der Waals surface area contributed by atoms with Gasteiger partial charge in [-0.25, -0.2) is 4.98 Å². The van der Waals surface area contributed by atoms with E-state index < -0.39 is 0 Å². The van der Waals surface area contributed by atoms with Gasteiger partial charge in [-0.3, -0.25) is 4.57 Å². The molecule has 0 spiro atoms. The third-order valence-electron chi connectivity index (χ3n) is 14.5. The Kier molecular flexibility index (Phi) is 8.83. The molecule has 65 heavy (non-hydrogen) atoms. The van der Waals surface area contributed by atoms with Gasteiger partial charge in [0.2, 0.25) is 5.95 Å². The normalized spacial score (nSPS) is 15.5.